The van der Waals surface area contributed by atoms with E-state index in [1.165, 1.54) is 31.6 Å². The van der Waals surface area contributed by atoms with Crippen molar-refractivity contribution in [1.82, 2.24) is 19.5 Å². The predicted molar refractivity (Wildman–Crippen MR) is 94.3 cm³/mol. The van der Waals surface area contributed by atoms with Crippen molar-refractivity contribution < 1.29 is 27.8 Å². The topological polar surface area (TPSA) is 114 Å². The van der Waals surface area contributed by atoms with Gasteiger partial charge in [0, 0.05) is 6.54 Å². The maximum absolute atomic E-state index is 12.6. The molecule has 3 rings (SSSR count). The highest BCUT2D eigenvalue weighted by Crippen LogP contribution is 2.32. The number of benzene rings is 1. The zero-order valence-corrected chi connectivity index (χ0v) is 14.8. The molecular weight excluding hydrogens is 376 g/mol. The number of nitrogens with zero attached hydrogens (tertiary/aromatic N) is 4. The van der Waals surface area contributed by atoms with Gasteiger partial charge in [-0.2, -0.15) is 8.78 Å². The van der Waals surface area contributed by atoms with E-state index in [2.05, 4.69) is 19.7 Å². The number of anilines is 1. The van der Waals surface area contributed by atoms with Crippen molar-refractivity contribution in [1.29, 1.82) is 0 Å². The van der Waals surface area contributed by atoms with Gasteiger partial charge >= 0.3 is 12.6 Å². The van der Waals surface area contributed by atoms with Gasteiger partial charge in [0.2, 0.25) is 0 Å². The molecule has 2 N–H and O–H groups in total. The molecular formula is C17H17F2N5O4. The molecule has 0 spiro atoms. The monoisotopic (exact) mass is 393 g/mol. The fourth-order valence-electron chi connectivity index (χ4n) is 2.59. The zero-order chi connectivity index (χ0) is 20.1. The van der Waals surface area contributed by atoms with E-state index in [1.807, 2.05) is 0 Å². The van der Waals surface area contributed by atoms with Crippen molar-refractivity contribution in [2.75, 3.05) is 19.5 Å². The van der Waals surface area contributed by atoms with Crippen LogP contribution in [0, 0.1) is 0 Å². The summed E-state index contributed by atoms with van der Waals surface area (Å²) in [5.41, 5.74) is 6.64. The molecule has 0 saturated carbocycles. The summed E-state index contributed by atoms with van der Waals surface area (Å²) in [5.74, 6) is -0.869. The van der Waals surface area contributed by atoms with Crippen LogP contribution in [0.2, 0.25) is 0 Å². The molecule has 0 fully saturated rings. The Kier molecular flexibility index (Phi) is 5.82. The van der Waals surface area contributed by atoms with Crippen molar-refractivity contribution in [2.45, 2.75) is 19.6 Å². The maximum atomic E-state index is 12.6. The van der Waals surface area contributed by atoms with Crippen LogP contribution < -0.4 is 15.2 Å². The number of nitrogens with two attached hydrogens (primary N) is 1. The Hall–Kier alpha value is -3.50. The second-order valence-electron chi connectivity index (χ2n) is 5.57. The highest BCUT2D eigenvalue weighted by atomic mass is 19.3. The number of nitrogen functional groups attached to an aromatic ring is 1. The van der Waals surface area contributed by atoms with Crippen LogP contribution in [0.15, 0.2) is 30.9 Å². The molecule has 0 aliphatic rings. The lowest BCUT2D eigenvalue weighted by molar-refractivity contribution is -0.0518. The minimum Gasteiger partial charge on any atom is -0.493 e. The van der Waals surface area contributed by atoms with Crippen LogP contribution in [-0.4, -0.2) is 45.8 Å². The average molecular weight is 393 g/mol. The summed E-state index contributed by atoms with van der Waals surface area (Å²) in [6.45, 7) is -2.60. The number of fused-ring (bicyclic) bond motifs is 1. The van der Waals surface area contributed by atoms with Gasteiger partial charge in [-0.15, -0.1) is 0 Å². The average Bonchev–Trinajstić information content (AvgIpc) is 3.09. The first-order valence-electron chi connectivity index (χ1n) is 8.21. The number of aryl methyl sites for hydroxylation is 1. The van der Waals surface area contributed by atoms with E-state index in [4.69, 9.17) is 15.2 Å². The van der Waals surface area contributed by atoms with E-state index in [9.17, 15) is 13.6 Å². The SMILES string of the molecule is COc1cccc(C(=O)OCCCn2cnc3c(N)ncnc32)c1OC(F)F. The number of esters is 1. The van der Waals surface area contributed by atoms with Crippen molar-refractivity contribution in [3.63, 3.8) is 0 Å². The number of imidazole rings is 1. The van der Waals surface area contributed by atoms with E-state index >= 15 is 0 Å². The highest BCUT2D eigenvalue weighted by molar-refractivity contribution is 5.93. The fourth-order valence-corrected chi connectivity index (χ4v) is 2.59. The number of para-hydroxylation sites is 1. The molecule has 0 aliphatic heterocycles. The van der Waals surface area contributed by atoms with E-state index in [0.717, 1.165) is 0 Å². The quantitative estimate of drug-likeness (QED) is 0.458. The maximum Gasteiger partial charge on any atom is 0.387 e. The minimum atomic E-state index is -3.10. The first-order chi connectivity index (χ1) is 13.5. The summed E-state index contributed by atoms with van der Waals surface area (Å²) in [6, 6.07) is 4.22. The molecule has 11 heteroatoms. The Morgan fingerprint density at radius 1 is 1.29 bits per heavy atom. The first kappa shape index (κ1) is 19.3. The van der Waals surface area contributed by atoms with Crippen LogP contribution in [0.25, 0.3) is 11.2 Å². The molecule has 0 atom stereocenters. The van der Waals surface area contributed by atoms with Gasteiger partial charge in [-0.3, -0.25) is 0 Å². The smallest absolute Gasteiger partial charge is 0.387 e. The Labute approximate surface area is 158 Å². The third-order valence-electron chi connectivity index (χ3n) is 3.83. The predicted octanol–water partition coefficient (Wildman–Crippen LogP) is 2.27. The van der Waals surface area contributed by atoms with Crippen molar-refractivity contribution in [3.05, 3.63) is 36.4 Å². The van der Waals surface area contributed by atoms with Crippen LogP contribution >= 0.6 is 0 Å². The summed E-state index contributed by atoms with van der Waals surface area (Å²) in [6.07, 6.45) is 3.34. The van der Waals surface area contributed by atoms with Gasteiger partial charge in [-0.1, -0.05) is 6.07 Å². The number of alkyl halides is 2. The van der Waals surface area contributed by atoms with Gasteiger partial charge in [0.1, 0.15) is 17.4 Å². The summed E-state index contributed by atoms with van der Waals surface area (Å²) in [7, 11) is 1.29. The molecule has 0 aliphatic carbocycles. The van der Waals surface area contributed by atoms with Crippen molar-refractivity contribution in [2.24, 2.45) is 0 Å². The number of halogens is 2. The second-order valence-corrected chi connectivity index (χ2v) is 5.57. The molecule has 2 aromatic heterocycles. The summed E-state index contributed by atoms with van der Waals surface area (Å²) in [4.78, 5) is 24.4. The molecule has 9 nitrogen and oxygen atoms in total. The molecule has 3 aromatic rings. The Balaban J connectivity index is 1.62. The van der Waals surface area contributed by atoms with Gasteiger partial charge < -0.3 is 24.5 Å². The van der Waals surface area contributed by atoms with Gasteiger partial charge in [0.05, 0.1) is 20.0 Å². The van der Waals surface area contributed by atoms with Crippen LogP contribution in [0.4, 0.5) is 14.6 Å². The molecule has 0 bridgehead atoms. The third kappa shape index (κ3) is 4.08. The van der Waals surface area contributed by atoms with Gasteiger partial charge in [-0.25, -0.2) is 19.7 Å². The standard InChI is InChI=1S/C17H17F2N5O4/c1-26-11-5-2-4-10(13(11)28-17(18)19)16(25)27-7-3-6-24-9-23-12-14(20)21-8-22-15(12)24/h2,4-5,8-9,17H,3,6-7H2,1H3,(H2,20,21,22). The normalized spacial score (nSPS) is 11.0. The largest absolute Gasteiger partial charge is 0.493 e. The van der Waals surface area contributed by atoms with E-state index in [-0.39, 0.29) is 29.5 Å². The Bertz CT molecular complexity index is 979. The van der Waals surface area contributed by atoms with Crippen molar-refractivity contribution in [3.8, 4) is 11.5 Å². The highest BCUT2D eigenvalue weighted by Gasteiger charge is 2.21. The second kappa shape index (κ2) is 8.46. The number of rotatable bonds is 8. The molecule has 0 radical (unpaired) electrons. The van der Waals surface area contributed by atoms with Crippen LogP contribution in [-0.2, 0) is 11.3 Å². The van der Waals surface area contributed by atoms with E-state index < -0.39 is 12.6 Å². The van der Waals surface area contributed by atoms with Crippen LogP contribution in [0.5, 0.6) is 11.5 Å². The summed E-state index contributed by atoms with van der Waals surface area (Å²) < 4.78 is 41.6. The molecule has 0 unspecified atom stereocenters. The number of hydrogen-bond acceptors (Lipinski definition) is 8. The minimum absolute atomic E-state index is 0.0110. The molecule has 2 heterocycles. The van der Waals surface area contributed by atoms with Gasteiger partial charge in [-0.05, 0) is 18.6 Å². The van der Waals surface area contributed by atoms with Gasteiger partial charge in [0.25, 0.3) is 0 Å². The van der Waals surface area contributed by atoms with Crippen molar-refractivity contribution >= 4 is 23.0 Å². The number of methoxy groups -OCH3 is 1. The lowest BCUT2D eigenvalue weighted by atomic mass is 10.2. The molecule has 28 heavy (non-hydrogen) atoms. The number of carbonyl (C=O) groups excluding carboxylic acids is 1. The van der Waals surface area contributed by atoms with Crippen LogP contribution in [0.3, 0.4) is 0 Å². The lowest BCUT2D eigenvalue weighted by Gasteiger charge is -2.13. The van der Waals surface area contributed by atoms with Crippen LogP contribution in [0.1, 0.15) is 16.8 Å². The molecule has 148 valence electrons. The fraction of sp³-hybridized carbons (Fsp3) is 0.294. The van der Waals surface area contributed by atoms with E-state index in [1.54, 1.807) is 10.9 Å². The zero-order valence-electron chi connectivity index (χ0n) is 14.8. The Morgan fingerprint density at radius 3 is 2.86 bits per heavy atom. The Morgan fingerprint density at radius 2 is 2.11 bits per heavy atom. The molecule has 1 aromatic carbocycles. The summed E-state index contributed by atoms with van der Waals surface area (Å²) in [5, 5.41) is 0. The number of carbonyl (C=O) groups is 1. The summed E-state index contributed by atoms with van der Waals surface area (Å²) >= 11 is 0. The molecule has 0 amide bonds. The third-order valence-corrected chi connectivity index (χ3v) is 3.83. The molecule has 0 saturated heterocycles. The van der Waals surface area contributed by atoms with Gasteiger partial charge in [0.15, 0.2) is 23.0 Å². The number of hydrogen-bond donors (Lipinski definition) is 1. The number of ether oxygens (including phenoxy) is 3. The first-order valence-corrected chi connectivity index (χ1v) is 8.21. The lowest BCUT2D eigenvalue weighted by Crippen LogP contribution is -2.13. The van der Waals surface area contributed by atoms with E-state index in [0.29, 0.717) is 24.1 Å². The number of aromatic nitrogens is 4.